The first-order valence-corrected chi connectivity index (χ1v) is 13.0. The molecule has 39 heavy (non-hydrogen) atoms. The van der Waals surface area contributed by atoms with Gasteiger partial charge in [0.1, 0.15) is 22.6 Å². The molecule has 1 unspecified atom stereocenters. The number of hydrogen-bond donors (Lipinski definition) is 0. The third kappa shape index (κ3) is 7.49. The lowest BCUT2D eigenvalue weighted by atomic mass is 10.0. The number of anilines is 1. The molecule has 220 valence electrons. The average molecular weight is 596 g/mol. The van der Waals surface area contributed by atoms with Crippen LogP contribution < -0.4 is 4.90 Å². The summed E-state index contributed by atoms with van der Waals surface area (Å²) in [6, 6.07) is 0.829. The number of carbonyl (C=O) groups excluding carboxylic acids is 2. The number of imide groups is 1. The molecule has 0 N–H and O–H groups in total. The van der Waals surface area contributed by atoms with Crippen LogP contribution in [0.25, 0.3) is 0 Å². The second-order valence-electron chi connectivity index (χ2n) is 9.30. The summed E-state index contributed by atoms with van der Waals surface area (Å²) in [6.45, 7) is 2.71. The summed E-state index contributed by atoms with van der Waals surface area (Å²) in [5.41, 5.74) is -4.83. The molecule has 1 aromatic carbocycles. The number of hydrogen-bond acceptors (Lipinski definition) is 5. The molecule has 1 heterocycles. The lowest BCUT2D eigenvalue weighted by Crippen LogP contribution is -2.44. The Morgan fingerprint density at radius 2 is 1.54 bits per heavy atom. The number of urea groups is 1. The minimum absolute atomic E-state index is 0.0169. The monoisotopic (exact) mass is 595 g/mol. The first-order chi connectivity index (χ1) is 17.7. The van der Waals surface area contributed by atoms with Crippen LogP contribution >= 0.6 is 0 Å². The summed E-state index contributed by atoms with van der Waals surface area (Å²) in [4.78, 5) is 37.3. The quantitative estimate of drug-likeness (QED) is 0.0730. The molecule has 0 saturated carbocycles. The summed E-state index contributed by atoms with van der Waals surface area (Å²) < 4.78 is 114. The lowest BCUT2D eigenvalue weighted by molar-refractivity contribution is -0.388. The van der Waals surface area contributed by atoms with Crippen molar-refractivity contribution in [1.29, 1.82) is 0 Å². The second-order valence-corrected chi connectivity index (χ2v) is 11.0. The topological polar surface area (TPSA) is 107 Å². The van der Waals surface area contributed by atoms with E-state index in [9.17, 15) is 59.4 Å². The minimum atomic E-state index is -5.68. The van der Waals surface area contributed by atoms with Crippen molar-refractivity contribution in [3.63, 3.8) is 0 Å². The molecular weight excluding hydrogens is 570 g/mol. The Morgan fingerprint density at radius 1 is 0.949 bits per heavy atom. The van der Waals surface area contributed by atoms with Gasteiger partial charge in [-0.3, -0.25) is 14.9 Å². The van der Waals surface area contributed by atoms with Gasteiger partial charge in [-0.2, -0.15) is 35.1 Å². The summed E-state index contributed by atoms with van der Waals surface area (Å²) in [7, 11) is 0. The molecule has 3 amide bonds. The molecule has 1 fully saturated rings. The number of amides is 3. The van der Waals surface area contributed by atoms with E-state index in [1.165, 1.54) is 13.8 Å². The van der Waals surface area contributed by atoms with Crippen molar-refractivity contribution in [3.8, 4) is 0 Å². The second kappa shape index (κ2) is 11.8. The smallest absolute Gasteiger partial charge is 0.453 e. The standard InChI is InChI=1S/C22H25F8N3O5S/c1-19(2)17(34)32(14-7-8-16(33(36)37)15(13-14)21(25,26)27)18(35)31(19)10-4-3-5-11-39(38)12-6-9-20(23,24)22(28,29)30/h7-8,13H,3-6,9-12H2,1-2H3. The molecule has 2 rings (SSSR count). The summed E-state index contributed by atoms with van der Waals surface area (Å²) in [5, 5.41) is 11.0. The summed E-state index contributed by atoms with van der Waals surface area (Å²) >= 11 is -1.64. The van der Waals surface area contributed by atoms with E-state index in [0.717, 1.165) is 11.0 Å². The van der Waals surface area contributed by atoms with E-state index in [2.05, 4.69) is 0 Å². The van der Waals surface area contributed by atoms with E-state index in [1.807, 2.05) is 0 Å². The predicted octanol–water partition coefficient (Wildman–Crippen LogP) is 6.06. The van der Waals surface area contributed by atoms with Crippen LogP contribution in [0.3, 0.4) is 0 Å². The first-order valence-electron chi connectivity index (χ1n) is 11.5. The van der Waals surface area contributed by atoms with Gasteiger partial charge in [0, 0.05) is 19.0 Å². The Labute approximate surface area is 220 Å². The number of rotatable bonds is 12. The lowest BCUT2D eigenvalue weighted by Gasteiger charge is -2.27. The van der Waals surface area contributed by atoms with E-state index in [1.54, 1.807) is 0 Å². The normalized spacial score (nSPS) is 17.2. The molecular formula is C22H25F8N3O5S. The molecule has 0 radical (unpaired) electrons. The summed E-state index contributed by atoms with van der Waals surface area (Å²) in [6.07, 6.45) is -12.0. The number of nitro benzene ring substituents is 1. The van der Waals surface area contributed by atoms with Gasteiger partial charge >= 0.3 is 24.3 Å². The van der Waals surface area contributed by atoms with Crippen LogP contribution in [0.15, 0.2) is 18.2 Å². The third-order valence-electron chi connectivity index (χ3n) is 6.10. The van der Waals surface area contributed by atoms with Crippen LogP contribution in [-0.4, -0.2) is 62.0 Å². The van der Waals surface area contributed by atoms with Crippen LogP contribution in [-0.2, 0) is 22.1 Å². The largest absolute Gasteiger partial charge is 0.616 e. The van der Waals surface area contributed by atoms with Gasteiger partial charge in [-0.25, -0.2) is 9.69 Å². The number of benzene rings is 1. The minimum Gasteiger partial charge on any atom is -0.616 e. The van der Waals surface area contributed by atoms with Gasteiger partial charge in [-0.1, -0.05) is 11.2 Å². The maximum atomic E-state index is 13.4. The zero-order chi connectivity index (χ0) is 30.0. The van der Waals surface area contributed by atoms with Gasteiger partial charge in [-0.15, -0.1) is 0 Å². The van der Waals surface area contributed by atoms with Gasteiger partial charge in [0.05, 0.1) is 10.6 Å². The Hall–Kier alpha value is -2.69. The Bertz CT molecular complexity index is 1080. The van der Waals surface area contributed by atoms with Crippen molar-refractivity contribution in [2.24, 2.45) is 0 Å². The Balaban J connectivity index is 1.96. The average Bonchev–Trinajstić information content (AvgIpc) is 2.95. The molecule has 8 nitrogen and oxygen atoms in total. The molecule has 0 spiro atoms. The van der Waals surface area contributed by atoms with E-state index in [0.29, 0.717) is 23.5 Å². The fraction of sp³-hybridized carbons (Fsp3) is 0.636. The highest BCUT2D eigenvalue weighted by Gasteiger charge is 2.56. The molecule has 0 aromatic heterocycles. The van der Waals surface area contributed by atoms with Gasteiger partial charge in [0.15, 0.2) is 0 Å². The maximum absolute atomic E-state index is 13.4. The van der Waals surface area contributed by atoms with Gasteiger partial charge in [0.2, 0.25) is 0 Å². The third-order valence-corrected chi connectivity index (χ3v) is 7.58. The number of nitrogens with zero attached hydrogens (tertiary/aromatic N) is 3. The van der Waals surface area contributed by atoms with Crippen LogP contribution in [0.2, 0.25) is 0 Å². The number of nitro groups is 1. The van der Waals surface area contributed by atoms with Crippen molar-refractivity contribution >= 4 is 34.5 Å². The van der Waals surface area contributed by atoms with E-state index in [4.69, 9.17) is 0 Å². The van der Waals surface area contributed by atoms with Crippen molar-refractivity contribution < 1.29 is 54.2 Å². The molecule has 1 atom stereocenters. The Kier molecular flexibility index (Phi) is 9.85. The number of halogens is 8. The fourth-order valence-electron chi connectivity index (χ4n) is 3.90. The molecule has 0 bridgehead atoms. The molecule has 1 aliphatic rings. The highest BCUT2D eigenvalue weighted by Crippen LogP contribution is 2.41. The zero-order valence-electron chi connectivity index (χ0n) is 20.7. The number of carbonyl (C=O) groups is 2. The molecule has 1 aliphatic heterocycles. The van der Waals surface area contributed by atoms with Crippen molar-refractivity contribution in [3.05, 3.63) is 33.9 Å². The predicted molar refractivity (Wildman–Crippen MR) is 124 cm³/mol. The zero-order valence-corrected chi connectivity index (χ0v) is 21.5. The van der Waals surface area contributed by atoms with E-state index < -0.39 is 81.6 Å². The fourth-order valence-corrected chi connectivity index (χ4v) is 5.09. The van der Waals surface area contributed by atoms with Crippen molar-refractivity contribution in [2.45, 2.75) is 69.8 Å². The van der Waals surface area contributed by atoms with Crippen LogP contribution in [0, 0.1) is 10.1 Å². The molecule has 1 saturated heterocycles. The molecule has 17 heteroatoms. The maximum Gasteiger partial charge on any atom is 0.453 e. The van der Waals surface area contributed by atoms with Crippen molar-refractivity contribution in [1.82, 2.24) is 4.90 Å². The Morgan fingerprint density at radius 3 is 2.08 bits per heavy atom. The number of alkyl halides is 8. The summed E-state index contributed by atoms with van der Waals surface area (Å²) in [5.74, 6) is -6.04. The highest BCUT2D eigenvalue weighted by atomic mass is 32.2. The van der Waals surface area contributed by atoms with E-state index >= 15 is 0 Å². The van der Waals surface area contributed by atoms with Crippen LogP contribution in [0.4, 0.5) is 51.3 Å². The first kappa shape index (κ1) is 32.5. The SMILES string of the molecule is CC1(C)C(=O)N(c2ccc([N+](=O)[O-])c(C(F)(F)F)c2)C(=O)N1CCCCC[S+]([O-])CCCC(F)(F)C(F)(F)F. The number of unbranched alkanes of at least 4 members (excludes halogenated alkanes) is 2. The van der Waals surface area contributed by atoms with Gasteiger partial charge in [-0.05, 0) is 51.7 Å². The van der Waals surface area contributed by atoms with Crippen molar-refractivity contribution in [2.75, 3.05) is 23.0 Å². The van der Waals surface area contributed by atoms with Crippen LogP contribution in [0.5, 0.6) is 0 Å². The van der Waals surface area contributed by atoms with Gasteiger partial charge in [0.25, 0.3) is 11.6 Å². The molecule has 1 aromatic rings. The molecule has 0 aliphatic carbocycles. The van der Waals surface area contributed by atoms with E-state index in [-0.39, 0.29) is 30.9 Å². The van der Waals surface area contributed by atoms with Crippen LogP contribution in [0.1, 0.15) is 51.5 Å². The van der Waals surface area contributed by atoms with Gasteiger partial charge < -0.3 is 9.45 Å². The highest BCUT2D eigenvalue weighted by molar-refractivity contribution is 7.91.